The van der Waals surface area contributed by atoms with Crippen molar-refractivity contribution in [3.8, 4) is 0 Å². The molecule has 1 aromatic heterocycles. The van der Waals surface area contributed by atoms with Crippen molar-refractivity contribution in [2.45, 2.75) is 18.8 Å². The van der Waals surface area contributed by atoms with Gasteiger partial charge in [0.15, 0.2) is 5.60 Å². The molecular weight excluding hydrogens is 244 g/mol. The zero-order valence-corrected chi connectivity index (χ0v) is 10.4. The van der Waals surface area contributed by atoms with E-state index in [0.717, 1.165) is 16.9 Å². The maximum absolute atomic E-state index is 12.6. The number of amides is 1. The molecule has 0 aliphatic carbocycles. The Labute approximate surface area is 109 Å². The summed E-state index contributed by atoms with van der Waals surface area (Å²) < 4.78 is 7.68. The van der Waals surface area contributed by atoms with E-state index in [1.807, 2.05) is 24.3 Å². The first-order valence-corrected chi connectivity index (χ1v) is 6.11. The molecule has 2 aromatic rings. The average molecular weight is 256 g/mol. The molecule has 1 aromatic carbocycles. The number of aromatic nitrogens is 3. The van der Waals surface area contributed by atoms with Gasteiger partial charge in [0, 0.05) is 12.6 Å². The molecule has 0 N–H and O–H groups in total. The number of likely N-dealkylation sites (N-methyl/N-ethyl adjacent to an activating group) is 1. The van der Waals surface area contributed by atoms with Crippen LogP contribution in [0.1, 0.15) is 11.3 Å². The highest BCUT2D eigenvalue weighted by Crippen LogP contribution is 2.44. The van der Waals surface area contributed by atoms with Gasteiger partial charge in [-0.05, 0) is 6.07 Å². The molecule has 96 valence electrons. The number of carbonyl (C=O) groups excluding carboxylic acids is 1. The SMILES string of the molecule is CN1C(=O)C2(Cn3nncc3CO2)c2ccccc21. The lowest BCUT2D eigenvalue weighted by molar-refractivity contribution is -0.153. The standard InChI is InChI=1S/C13H12N4O2/c1-16-11-5-3-2-4-10(11)13(12(16)18)8-17-9(7-19-13)6-14-15-17/h2-6H,7-8H2,1H3. The van der Waals surface area contributed by atoms with Gasteiger partial charge in [-0.3, -0.25) is 4.79 Å². The summed E-state index contributed by atoms with van der Waals surface area (Å²) in [5.74, 6) is -0.0464. The number of fused-ring (bicyclic) bond motifs is 3. The zero-order valence-electron chi connectivity index (χ0n) is 10.4. The van der Waals surface area contributed by atoms with Gasteiger partial charge < -0.3 is 9.64 Å². The van der Waals surface area contributed by atoms with Gasteiger partial charge in [-0.1, -0.05) is 23.4 Å². The summed E-state index contributed by atoms with van der Waals surface area (Å²) in [5, 5.41) is 7.89. The van der Waals surface area contributed by atoms with Crippen molar-refractivity contribution < 1.29 is 9.53 Å². The van der Waals surface area contributed by atoms with Gasteiger partial charge in [-0.15, -0.1) is 5.10 Å². The van der Waals surface area contributed by atoms with Crippen LogP contribution in [-0.4, -0.2) is 27.9 Å². The number of benzene rings is 1. The molecule has 0 saturated carbocycles. The minimum atomic E-state index is -0.952. The maximum Gasteiger partial charge on any atom is 0.265 e. The molecule has 6 heteroatoms. The molecule has 0 radical (unpaired) electrons. The summed E-state index contributed by atoms with van der Waals surface area (Å²) in [5.41, 5.74) is 1.75. The Bertz CT molecular complexity index is 681. The average Bonchev–Trinajstić information content (AvgIpc) is 2.98. The number of rotatable bonds is 0. The number of carbonyl (C=O) groups is 1. The van der Waals surface area contributed by atoms with E-state index in [0.29, 0.717) is 13.2 Å². The minimum Gasteiger partial charge on any atom is -0.352 e. The molecular formula is C13H12N4O2. The lowest BCUT2D eigenvalue weighted by Gasteiger charge is -2.32. The fourth-order valence-electron chi connectivity index (χ4n) is 2.87. The summed E-state index contributed by atoms with van der Waals surface area (Å²) in [6, 6.07) is 7.72. The van der Waals surface area contributed by atoms with Crippen LogP contribution in [0.5, 0.6) is 0 Å². The summed E-state index contributed by atoms with van der Waals surface area (Å²) in [4.78, 5) is 14.3. The Hall–Kier alpha value is -2.21. The van der Waals surface area contributed by atoms with Crippen LogP contribution in [-0.2, 0) is 28.3 Å². The normalized spacial score (nSPS) is 24.7. The number of anilines is 1. The molecule has 0 saturated heterocycles. The second-order valence-electron chi connectivity index (χ2n) is 4.88. The highest BCUT2D eigenvalue weighted by atomic mass is 16.5. The molecule has 2 aliphatic heterocycles. The lowest BCUT2D eigenvalue weighted by atomic mass is 9.94. The summed E-state index contributed by atoms with van der Waals surface area (Å²) in [6.07, 6.45) is 1.67. The second-order valence-corrected chi connectivity index (χ2v) is 4.88. The molecule has 4 rings (SSSR count). The van der Waals surface area contributed by atoms with Gasteiger partial charge in [0.2, 0.25) is 0 Å². The first-order valence-electron chi connectivity index (χ1n) is 6.11. The molecule has 1 atom stereocenters. The van der Waals surface area contributed by atoms with Crippen molar-refractivity contribution in [3.63, 3.8) is 0 Å². The van der Waals surface area contributed by atoms with Gasteiger partial charge in [0.1, 0.15) is 0 Å². The Kier molecular flexibility index (Phi) is 1.92. The topological polar surface area (TPSA) is 60.2 Å². The van der Waals surface area contributed by atoms with Gasteiger partial charge >= 0.3 is 0 Å². The van der Waals surface area contributed by atoms with Gasteiger partial charge in [-0.25, -0.2) is 4.68 Å². The molecule has 1 unspecified atom stereocenters. The molecule has 3 heterocycles. The molecule has 0 bridgehead atoms. The molecule has 19 heavy (non-hydrogen) atoms. The zero-order chi connectivity index (χ0) is 13.0. The van der Waals surface area contributed by atoms with E-state index in [1.54, 1.807) is 22.8 Å². The van der Waals surface area contributed by atoms with E-state index in [9.17, 15) is 4.79 Å². The molecule has 6 nitrogen and oxygen atoms in total. The molecule has 2 aliphatic rings. The largest absolute Gasteiger partial charge is 0.352 e. The van der Waals surface area contributed by atoms with Crippen LogP contribution in [0.15, 0.2) is 30.5 Å². The van der Waals surface area contributed by atoms with Crippen molar-refractivity contribution >= 4 is 11.6 Å². The van der Waals surface area contributed by atoms with E-state index in [2.05, 4.69) is 10.3 Å². The predicted octanol–water partition coefficient (Wildman–Crippen LogP) is 0.680. The third-order valence-corrected chi connectivity index (χ3v) is 3.89. The van der Waals surface area contributed by atoms with E-state index < -0.39 is 5.60 Å². The highest BCUT2D eigenvalue weighted by molar-refractivity contribution is 6.06. The van der Waals surface area contributed by atoms with Crippen LogP contribution in [0.2, 0.25) is 0 Å². The Morgan fingerprint density at radius 1 is 1.37 bits per heavy atom. The number of para-hydroxylation sites is 1. The number of hydrogen-bond acceptors (Lipinski definition) is 4. The Balaban J connectivity index is 1.90. The van der Waals surface area contributed by atoms with Crippen LogP contribution in [0.4, 0.5) is 5.69 Å². The Morgan fingerprint density at radius 3 is 3.11 bits per heavy atom. The maximum atomic E-state index is 12.6. The number of nitrogens with zero attached hydrogens (tertiary/aromatic N) is 4. The van der Waals surface area contributed by atoms with Gasteiger partial charge in [-0.2, -0.15) is 0 Å². The van der Waals surface area contributed by atoms with Gasteiger partial charge in [0.05, 0.1) is 30.7 Å². The smallest absolute Gasteiger partial charge is 0.265 e. The van der Waals surface area contributed by atoms with Crippen LogP contribution in [0.25, 0.3) is 0 Å². The van der Waals surface area contributed by atoms with Crippen LogP contribution < -0.4 is 4.90 Å². The fraction of sp³-hybridized carbons (Fsp3) is 0.308. The number of ether oxygens (including phenoxy) is 1. The second kappa shape index (κ2) is 3.42. The van der Waals surface area contributed by atoms with Crippen molar-refractivity contribution in [2.24, 2.45) is 0 Å². The fourth-order valence-corrected chi connectivity index (χ4v) is 2.87. The number of hydrogen-bond donors (Lipinski definition) is 0. The summed E-state index contributed by atoms with van der Waals surface area (Å²) in [7, 11) is 1.77. The minimum absolute atomic E-state index is 0.0464. The van der Waals surface area contributed by atoms with Crippen LogP contribution >= 0.6 is 0 Å². The highest BCUT2D eigenvalue weighted by Gasteiger charge is 2.53. The Morgan fingerprint density at radius 2 is 2.21 bits per heavy atom. The van der Waals surface area contributed by atoms with Crippen molar-refractivity contribution in [3.05, 3.63) is 41.7 Å². The predicted molar refractivity (Wildman–Crippen MR) is 66.3 cm³/mol. The van der Waals surface area contributed by atoms with E-state index in [4.69, 9.17) is 4.74 Å². The lowest BCUT2D eigenvalue weighted by Crippen LogP contribution is -2.47. The van der Waals surface area contributed by atoms with Crippen molar-refractivity contribution in [1.82, 2.24) is 15.0 Å². The quantitative estimate of drug-likeness (QED) is 0.695. The van der Waals surface area contributed by atoms with Crippen molar-refractivity contribution in [2.75, 3.05) is 11.9 Å². The molecule has 1 amide bonds. The van der Waals surface area contributed by atoms with Gasteiger partial charge in [0.25, 0.3) is 5.91 Å². The van der Waals surface area contributed by atoms with E-state index in [-0.39, 0.29) is 5.91 Å². The van der Waals surface area contributed by atoms with E-state index >= 15 is 0 Å². The summed E-state index contributed by atoms with van der Waals surface area (Å²) >= 11 is 0. The third-order valence-electron chi connectivity index (χ3n) is 3.89. The van der Waals surface area contributed by atoms with Crippen LogP contribution in [0, 0.1) is 0 Å². The molecule has 1 spiro atoms. The molecule has 0 fully saturated rings. The third kappa shape index (κ3) is 1.21. The van der Waals surface area contributed by atoms with Crippen LogP contribution in [0.3, 0.4) is 0 Å². The van der Waals surface area contributed by atoms with Crippen molar-refractivity contribution in [1.29, 1.82) is 0 Å². The first-order chi connectivity index (χ1) is 9.22. The summed E-state index contributed by atoms with van der Waals surface area (Å²) in [6.45, 7) is 0.726. The monoisotopic (exact) mass is 256 g/mol. The van der Waals surface area contributed by atoms with E-state index in [1.165, 1.54) is 0 Å². The first kappa shape index (κ1) is 10.7.